The Labute approximate surface area is 182 Å². The van der Waals surface area contributed by atoms with Crippen LogP contribution in [-0.4, -0.2) is 69.2 Å². The fourth-order valence-corrected chi connectivity index (χ4v) is 4.87. The lowest BCUT2D eigenvalue weighted by Gasteiger charge is -2.40. The Kier molecular flexibility index (Phi) is 4.87. The number of Topliss-reactive ketones (excluding diaryl/α,β-unsaturated/α-hetero) is 1. The summed E-state index contributed by atoms with van der Waals surface area (Å²) < 4.78 is 5.52. The summed E-state index contributed by atoms with van der Waals surface area (Å²) in [6.07, 6.45) is -3.07. The molecule has 10 nitrogen and oxygen atoms in total. The number of hydrogen-bond acceptors (Lipinski definition) is 9. The molecule has 2 aromatic rings. The lowest BCUT2D eigenvalue weighted by molar-refractivity contribution is -0.136. The van der Waals surface area contributed by atoms with E-state index in [-0.39, 0.29) is 22.3 Å². The number of phenols is 2. The number of rotatable bonds is 3. The number of fused-ring (bicyclic) bond motifs is 2. The van der Waals surface area contributed by atoms with Gasteiger partial charge in [-0.1, -0.05) is 12.1 Å². The molecule has 0 fully saturated rings. The topological polar surface area (TPSA) is 171 Å². The van der Waals surface area contributed by atoms with Gasteiger partial charge in [-0.2, -0.15) is 0 Å². The van der Waals surface area contributed by atoms with Crippen LogP contribution >= 0.6 is 0 Å². The monoisotopic (exact) mass is 442 g/mol. The zero-order valence-electron chi connectivity index (χ0n) is 17.5. The van der Waals surface area contributed by atoms with Gasteiger partial charge in [0.15, 0.2) is 0 Å². The van der Waals surface area contributed by atoms with E-state index in [0.29, 0.717) is 10.9 Å². The van der Waals surface area contributed by atoms with E-state index >= 15 is 0 Å². The summed E-state index contributed by atoms with van der Waals surface area (Å²) in [4.78, 5) is 38.7. The molecule has 10 heteroatoms. The summed E-state index contributed by atoms with van der Waals surface area (Å²) in [5.41, 5.74) is 5.05. The summed E-state index contributed by atoms with van der Waals surface area (Å²) in [6.45, 7) is 1.65. The number of likely N-dealkylation sites (N-methyl/N-ethyl adjacent to an activating group) is 1. The molecule has 0 aromatic heterocycles. The Morgan fingerprint density at radius 2 is 1.81 bits per heavy atom. The molecule has 4 atom stereocenters. The molecule has 2 aliphatic rings. The van der Waals surface area contributed by atoms with Crippen LogP contribution in [0.1, 0.15) is 27.6 Å². The quantitative estimate of drug-likeness (QED) is 0.336. The van der Waals surface area contributed by atoms with E-state index in [1.807, 2.05) is 0 Å². The van der Waals surface area contributed by atoms with Gasteiger partial charge in [-0.05, 0) is 38.0 Å². The van der Waals surface area contributed by atoms with Crippen molar-refractivity contribution in [2.24, 2.45) is 11.7 Å². The van der Waals surface area contributed by atoms with Crippen molar-refractivity contribution in [2.75, 3.05) is 14.1 Å². The van der Waals surface area contributed by atoms with Crippen molar-refractivity contribution < 1.29 is 39.5 Å². The minimum atomic E-state index is -1.83. The van der Waals surface area contributed by atoms with E-state index in [2.05, 4.69) is 0 Å². The van der Waals surface area contributed by atoms with E-state index in [9.17, 15) is 34.8 Å². The first-order chi connectivity index (χ1) is 15.0. The van der Waals surface area contributed by atoms with Crippen molar-refractivity contribution in [2.45, 2.75) is 25.2 Å². The van der Waals surface area contributed by atoms with Crippen LogP contribution in [0.15, 0.2) is 29.5 Å². The third kappa shape index (κ3) is 2.76. The van der Waals surface area contributed by atoms with Crippen LogP contribution < -0.4 is 5.73 Å². The first kappa shape index (κ1) is 21.6. The van der Waals surface area contributed by atoms with Crippen molar-refractivity contribution in [3.63, 3.8) is 0 Å². The van der Waals surface area contributed by atoms with Gasteiger partial charge >= 0.3 is 5.97 Å². The van der Waals surface area contributed by atoms with Gasteiger partial charge in [-0.3, -0.25) is 14.5 Å². The number of carbonyl (C=O) groups excluding carboxylic acids is 3. The number of aryl methyl sites for hydroxylation is 1. The van der Waals surface area contributed by atoms with Gasteiger partial charge in [-0.15, -0.1) is 0 Å². The fraction of sp³-hybridized carbons (Fsp3) is 0.318. The number of hydrogen-bond donors (Lipinski definition) is 5. The number of aromatic hydroxyl groups is 2. The number of nitrogens with two attached hydrogens (primary N) is 1. The predicted octanol–water partition coefficient (Wildman–Crippen LogP) is 0.558. The van der Waals surface area contributed by atoms with E-state index in [0.717, 1.165) is 0 Å². The fourth-order valence-electron chi connectivity index (χ4n) is 4.87. The SMILES string of the molecule is Cc1c2c(c(O)c3c(O)cccc13)C(=O)OC2[C@@H]1[C@@H](O)C(=O)C(C(N)=O)=C(O)[C@@H]1N(C)C. The molecule has 0 radical (unpaired) electrons. The van der Waals surface area contributed by atoms with E-state index < -0.39 is 58.9 Å². The highest BCUT2D eigenvalue weighted by molar-refractivity contribution is 6.21. The highest BCUT2D eigenvalue weighted by Gasteiger charge is 2.54. The van der Waals surface area contributed by atoms with Crippen molar-refractivity contribution in [1.29, 1.82) is 0 Å². The molecule has 0 spiro atoms. The largest absolute Gasteiger partial charge is 0.510 e. The third-order valence-electron chi connectivity index (χ3n) is 6.25. The molecule has 1 heterocycles. The van der Waals surface area contributed by atoms with Gasteiger partial charge in [-0.25, -0.2) is 4.79 Å². The summed E-state index contributed by atoms with van der Waals surface area (Å²) >= 11 is 0. The number of primary amides is 1. The highest BCUT2D eigenvalue weighted by Crippen LogP contribution is 2.51. The smallest absolute Gasteiger partial charge is 0.343 e. The number of ether oxygens (including phenoxy) is 1. The van der Waals surface area contributed by atoms with Crippen LogP contribution in [0.4, 0.5) is 0 Å². The Morgan fingerprint density at radius 1 is 1.16 bits per heavy atom. The average molecular weight is 442 g/mol. The standard InChI is InChI=1S/C22H22N2O8/c1-7-8-5-4-6-9(25)11(8)16(26)12-10(7)20(32-22(12)31)13-15(24(2)3)17(27)14(21(23)30)19(29)18(13)28/h4-6,13,15,18,20,25-28H,1-3H3,(H2,23,30)/t13-,15+,18+,20?/m0/s1. The number of benzene rings is 2. The summed E-state index contributed by atoms with van der Waals surface area (Å²) in [6, 6.07) is 3.47. The van der Waals surface area contributed by atoms with E-state index in [1.54, 1.807) is 33.2 Å². The maximum absolute atomic E-state index is 12.8. The van der Waals surface area contributed by atoms with Gasteiger partial charge in [0.2, 0.25) is 5.78 Å². The van der Waals surface area contributed by atoms with Crippen molar-refractivity contribution >= 4 is 28.4 Å². The van der Waals surface area contributed by atoms with Crippen LogP contribution in [0.5, 0.6) is 11.5 Å². The number of cyclic esters (lactones) is 1. The number of aliphatic hydroxyl groups is 2. The number of esters is 1. The molecule has 1 amide bonds. The maximum atomic E-state index is 12.8. The van der Waals surface area contributed by atoms with Crippen molar-refractivity contribution in [3.8, 4) is 11.5 Å². The van der Waals surface area contributed by atoms with Gasteiger partial charge in [0.05, 0.1) is 17.3 Å². The second-order valence-corrected chi connectivity index (χ2v) is 8.21. The van der Waals surface area contributed by atoms with Crippen LogP contribution in [0.25, 0.3) is 10.8 Å². The van der Waals surface area contributed by atoms with Crippen LogP contribution in [0, 0.1) is 12.8 Å². The van der Waals surface area contributed by atoms with Gasteiger partial charge < -0.3 is 30.9 Å². The molecule has 1 aliphatic carbocycles. The van der Waals surface area contributed by atoms with Crippen LogP contribution in [-0.2, 0) is 14.3 Å². The Hall–Kier alpha value is -3.63. The summed E-state index contributed by atoms with van der Waals surface area (Å²) in [7, 11) is 3.10. The minimum absolute atomic E-state index is 0.0736. The van der Waals surface area contributed by atoms with Crippen molar-refractivity contribution in [1.82, 2.24) is 4.90 Å². The average Bonchev–Trinajstić information content (AvgIpc) is 3.05. The van der Waals surface area contributed by atoms with E-state index in [4.69, 9.17) is 10.5 Å². The number of ketones is 1. The molecular formula is C22H22N2O8. The van der Waals surface area contributed by atoms with E-state index in [1.165, 1.54) is 11.0 Å². The lowest BCUT2D eigenvalue weighted by Crippen LogP contribution is -2.54. The predicted molar refractivity (Wildman–Crippen MR) is 111 cm³/mol. The molecule has 32 heavy (non-hydrogen) atoms. The molecule has 1 aliphatic heterocycles. The molecule has 2 aromatic carbocycles. The first-order valence-corrected chi connectivity index (χ1v) is 9.78. The zero-order chi connectivity index (χ0) is 23.6. The van der Waals surface area contributed by atoms with Gasteiger partial charge in [0, 0.05) is 5.56 Å². The van der Waals surface area contributed by atoms with Gasteiger partial charge in [0.1, 0.15) is 40.6 Å². The molecule has 4 rings (SSSR count). The minimum Gasteiger partial charge on any atom is -0.510 e. The molecule has 0 saturated carbocycles. The summed E-state index contributed by atoms with van der Waals surface area (Å²) in [5.74, 6) is -5.73. The highest BCUT2D eigenvalue weighted by atomic mass is 16.6. The maximum Gasteiger partial charge on any atom is 0.343 e. The van der Waals surface area contributed by atoms with Gasteiger partial charge in [0.25, 0.3) is 5.91 Å². The Balaban J connectivity index is 1.99. The number of phenolic OH excluding ortho intramolecular Hbond substituents is 2. The van der Waals surface area contributed by atoms with Crippen LogP contribution in [0.3, 0.4) is 0 Å². The second-order valence-electron chi connectivity index (χ2n) is 8.21. The number of nitrogens with zero attached hydrogens (tertiary/aromatic N) is 1. The number of carbonyl (C=O) groups is 3. The Morgan fingerprint density at radius 3 is 2.41 bits per heavy atom. The Bertz CT molecular complexity index is 1230. The third-order valence-corrected chi connectivity index (χ3v) is 6.25. The first-order valence-electron chi connectivity index (χ1n) is 9.78. The number of aliphatic hydroxyl groups excluding tert-OH is 2. The van der Waals surface area contributed by atoms with Crippen molar-refractivity contribution in [3.05, 3.63) is 46.2 Å². The zero-order valence-corrected chi connectivity index (χ0v) is 17.5. The molecule has 1 unspecified atom stereocenters. The second kappa shape index (κ2) is 7.21. The normalized spacial score (nSPS) is 25.4. The molecule has 0 bridgehead atoms. The molecule has 0 saturated heterocycles. The molecule has 6 N–H and O–H groups in total. The lowest BCUT2D eigenvalue weighted by atomic mass is 9.74. The molecule has 168 valence electrons. The molecular weight excluding hydrogens is 420 g/mol. The summed E-state index contributed by atoms with van der Waals surface area (Å²) in [5, 5.41) is 43.1. The number of amides is 1. The van der Waals surface area contributed by atoms with Crippen LogP contribution in [0.2, 0.25) is 0 Å².